The Bertz CT molecular complexity index is 1190. The van der Waals surface area contributed by atoms with Crippen LogP contribution < -0.4 is 5.32 Å². The molecule has 1 aliphatic heterocycles. The van der Waals surface area contributed by atoms with Gasteiger partial charge in [0.2, 0.25) is 5.91 Å². The van der Waals surface area contributed by atoms with E-state index < -0.39 is 11.7 Å². The number of benzene rings is 2. The van der Waals surface area contributed by atoms with E-state index in [4.69, 9.17) is 9.84 Å². The maximum absolute atomic E-state index is 12.9. The molecule has 188 valence electrons. The lowest BCUT2D eigenvalue weighted by Crippen LogP contribution is -2.47. The molecule has 2 heterocycles. The number of hydrogen-bond acceptors (Lipinski definition) is 4. The molecule has 1 aromatic heterocycles. The van der Waals surface area contributed by atoms with Gasteiger partial charge in [-0.2, -0.15) is 5.10 Å². The van der Waals surface area contributed by atoms with Gasteiger partial charge in [-0.15, -0.1) is 0 Å². The Balaban J connectivity index is 1.41. The Kier molecular flexibility index (Phi) is 7.88. The van der Waals surface area contributed by atoms with Crippen molar-refractivity contribution in [2.45, 2.75) is 51.8 Å². The number of carbonyl (C=O) groups is 2. The molecular formula is C29H34N4O3. The number of nitrogens with zero attached hydrogens (tertiary/aromatic N) is 3. The van der Waals surface area contributed by atoms with Crippen LogP contribution in [0.1, 0.15) is 44.7 Å². The van der Waals surface area contributed by atoms with Crippen molar-refractivity contribution in [1.29, 1.82) is 0 Å². The predicted molar refractivity (Wildman–Crippen MR) is 141 cm³/mol. The average molecular weight is 487 g/mol. The molecule has 1 fully saturated rings. The van der Waals surface area contributed by atoms with Crippen LogP contribution in [-0.4, -0.2) is 51.4 Å². The first kappa shape index (κ1) is 25.2. The van der Waals surface area contributed by atoms with Gasteiger partial charge in [-0.1, -0.05) is 60.7 Å². The first-order valence-corrected chi connectivity index (χ1v) is 12.4. The molecule has 0 aliphatic carbocycles. The second-order valence-electron chi connectivity index (χ2n) is 10.1. The summed E-state index contributed by atoms with van der Waals surface area (Å²) in [5.74, 6) is -0.0412. The van der Waals surface area contributed by atoms with Gasteiger partial charge in [-0.05, 0) is 45.3 Å². The van der Waals surface area contributed by atoms with Crippen molar-refractivity contribution in [1.82, 2.24) is 20.0 Å². The van der Waals surface area contributed by atoms with E-state index in [2.05, 4.69) is 17.4 Å². The van der Waals surface area contributed by atoms with Crippen LogP contribution >= 0.6 is 0 Å². The van der Waals surface area contributed by atoms with E-state index in [1.54, 1.807) is 6.08 Å². The van der Waals surface area contributed by atoms with Crippen LogP contribution in [-0.2, 0) is 16.1 Å². The highest BCUT2D eigenvalue weighted by atomic mass is 16.6. The SMILES string of the molecule is CC(C)(C)OC(=O)NC1CCN(C(=O)/C=C/c2cn(Cc3ccccc3)nc2-c2ccccc2)CC1. The van der Waals surface area contributed by atoms with Crippen LogP contribution in [0.3, 0.4) is 0 Å². The van der Waals surface area contributed by atoms with Gasteiger partial charge in [-0.3, -0.25) is 9.48 Å². The third-order valence-electron chi connectivity index (χ3n) is 5.96. The van der Waals surface area contributed by atoms with Gasteiger partial charge >= 0.3 is 6.09 Å². The maximum Gasteiger partial charge on any atom is 0.407 e. The zero-order valence-electron chi connectivity index (χ0n) is 21.2. The zero-order chi connectivity index (χ0) is 25.5. The van der Waals surface area contributed by atoms with Crippen molar-refractivity contribution in [3.63, 3.8) is 0 Å². The summed E-state index contributed by atoms with van der Waals surface area (Å²) in [5, 5.41) is 7.73. The highest BCUT2D eigenvalue weighted by Crippen LogP contribution is 2.24. The Morgan fingerprint density at radius 3 is 2.31 bits per heavy atom. The smallest absolute Gasteiger partial charge is 0.407 e. The van der Waals surface area contributed by atoms with E-state index in [1.807, 2.05) is 91.2 Å². The number of piperidine rings is 1. The van der Waals surface area contributed by atoms with Gasteiger partial charge in [0.25, 0.3) is 0 Å². The molecule has 7 heteroatoms. The van der Waals surface area contributed by atoms with Crippen LogP contribution in [0.2, 0.25) is 0 Å². The Hall–Kier alpha value is -3.87. The third kappa shape index (κ3) is 7.07. The number of carbonyl (C=O) groups excluding carboxylic acids is 2. The molecule has 3 aromatic rings. The molecule has 7 nitrogen and oxygen atoms in total. The molecule has 0 spiro atoms. The van der Waals surface area contributed by atoms with Gasteiger partial charge in [-0.25, -0.2) is 4.79 Å². The summed E-state index contributed by atoms with van der Waals surface area (Å²) >= 11 is 0. The Morgan fingerprint density at radius 2 is 1.67 bits per heavy atom. The number of rotatable bonds is 6. The molecule has 1 aliphatic rings. The lowest BCUT2D eigenvalue weighted by atomic mass is 10.0. The van der Waals surface area contributed by atoms with Crippen LogP contribution in [0, 0.1) is 0 Å². The number of ether oxygens (including phenoxy) is 1. The molecule has 36 heavy (non-hydrogen) atoms. The van der Waals surface area contributed by atoms with Crippen molar-refractivity contribution < 1.29 is 14.3 Å². The third-order valence-corrected chi connectivity index (χ3v) is 5.96. The van der Waals surface area contributed by atoms with E-state index in [1.165, 1.54) is 0 Å². The first-order chi connectivity index (χ1) is 17.3. The fraction of sp³-hybridized carbons (Fsp3) is 0.345. The van der Waals surface area contributed by atoms with Gasteiger partial charge in [0.15, 0.2) is 0 Å². The molecule has 0 unspecified atom stereocenters. The van der Waals surface area contributed by atoms with Gasteiger partial charge in [0.1, 0.15) is 5.60 Å². The van der Waals surface area contributed by atoms with E-state index >= 15 is 0 Å². The van der Waals surface area contributed by atoms with Crippen molar-refractivity contribution in [3.8, 4) is 11.3 Å². The molecule has 0 radical (unpaired) electrons. The molecule has 0 saturated carbocycles. The first-order valence-electron chi connectivity index (χ1n) is 12.4. The highest BCUT2D eigenvalue weighted by Gasteiger charge is 2.25. The molecule has 2 amide bonds. The van der Waals surface area contributed by atoms with Crippen molar-refractivity contribution in [3.05, 3.63) is 84.1 Å². The minimum absolute atomic E-state index is 0.00813. The van der Waals surface area contributed by atoms with E-state index in [-0.39, 0.29) is 11.9 Å². The van der Waals surface area contributed by atoms with Crippen LogP contribution in [0.25, 0.3) is 17.3 Å². The normalized spacial score (nSPS) is 14.7. The summed E-state index contributed by atoms with van der Waals surface area (Å²) in [7, 11) is 0. The second kappa shape index (κ2) is 11.2. The van der Waals surface area contributed by atoms with Gasteiger partial charge in [0.05, 0.1) is 12.2 Å². The second-order valence-corrected chi connectivity index (χ2v) is 10.1. The molecule has 4 rings (SSSR count). The Morgan fingerprint density at radius 1 is 1.03 bits per heavy atom. The topological polar surface area (TPSA) is 76.5 Å². The molecular weight excluding hydrogens is 452 g/mol. The number of aromatic nitrogens is 2. The lowest BCUT2D eigenvalue weighted by Gasteiger charge is -2.32. The quantitative estimate of drug-likeness (QED) is 0.490. The molecule has 2 aromatic carbocycles. The summed E-state index contributed by atoms with van der Waals surface area (Å²) in [4.78, 5) is 26.8. The number of alkyl carbamates (subject to hydrolysis) is 1. The maximum atomic E-state index is 12.9. The highest BCUT2D eigenvalue weighted by molar-refractivity contribution is 5.93. The average Bonchev–Trinajstić information content (AvgIpc) is 3.25. The summed E-state index contributed by atoms with van der Waals surface area (Å²) in [6, 6.07) is 20.2. The largest absolute Gasteiger partial charge is 0.444 e. The minimum atomic E-state index is -0.529. The number of amides is 2. The summed E-state index contributed by atoms with van der Waals surface area (Å²) in [6.07, 6.45) is 6.44. The van der Waals surface area contributed by atoms with E-state index in [0.29, 0.717) is 32.5 Å². The van der Waals surface area contributed by atoms with Gasteiger partial charge in [0, 0.05) is 42.5 Å². The van der Waals surface area contributed by atoms with Crippen LogP contribution in [0.4, 0.5) is 4.79 Å². The molecule has 1 saturated heterocycles. The lowest BCUT2D eigenvalue weighted by molar-refractivity contribution is -0.127. The zero-order valence-corrected chi connectivity index (χ0v) is 21.2. The molecule has 0 bridgehead atoms. The minimum Gasteiger partial charge on any atom is -0.444 e. The fourth-order valence-corrected chi connectivity index (χ4v) is 4.22. The Labute approximate surface area is 212 Å². The predicted octanol–water partition coefficient (Wildman–Crippen LogP) is 5.13. The number of hydrogen-bond donors (Lipinski definition) is 1. The molecule has 0 atom stereocenters. The van der Waals surface area contributed by atoms with Crippen LogP contribution in [0.15, 0.2) is 72.9 Å². The van der Waals surface area contributed by atoms with Crippen molar-refractivity contribution in [2.24, 2.45) is 0 Å². The van der Waals surface area contributed by atoms with E-state index in [9.17, 15) is 9.59 Å². The summed E-state index contributed by atoms with van der Waals surface area (Å²) in [5.41, 5.74) is 3.38. The fourth-order valence-electron chi connectivity index (χ4n) is 4.22. The van der Waals surface area contributed by atoms with E-state index in [0.717, 1.165) is 22.4 Å². The van der Waals surface area contributed by atoms with Crippen molar-refractivity contribution >= 4 is 18.1 Å². The monoisotopic (exact) mass is 486 g/mol. The number of nitrogens with one attached hydrogen (secondary N) is 1. The summed E-state index contributed by atoms with van der Waals surface area (Å²) < 4.78 is 7.25. The number of likely N-dealkylation sites (tertiary alicyclic amines) is 1. The molecule has 1 N–H and O–H groups in total. The van der Waals surface area contributed by atoms with Crippen LogP contribution in [0.5, 0.6) is 0 Å². The van der Waals surface area contributed by atoms with Crippen molar-refractivity contribution in [2.75, 3.05) is 13.1 Å². The summed E-state index contributed by atoms with van der Waals surface area (Å²) in [6.45, 7) is 7.35. The standard InChI is InChI=1S/C29H34N4O3/c1-29(2,3)36-28(35)30-25-16-18-32(19-17-25)26(34)15-14-24-21-33(20-22-10-6-4-7-11-22)31-27(24)23-12-8-5-9-13-23/h4-15,21,25H,16-20H2,1-3H3,(H,30,35)/b15-14+. The van der Waals surface area contributed by atoms with Gasteiger partial charge < -0.3 is 15.0 Å².